The van der Waals surface area contributed by atoms with Gasteiger partial charge in [-0.2, -0.15) is 0 Å². The number of ether oxygens (including phenoxy) is 1. The number of carbonyl (C=O) groups is 2. The molecule has 1 saturated heterocycles. The van der Waals surface area contributed by atoms with Gasteiger partial charge >= 0.3 is 0 Å². The number of nitrogens with zero attached hydrogens (tertiary/aromatic N) is 1. The lowest BCUT2D eigenvalue weighted by molar-refractivity contribution is -0.139. The number of para-hydroxylation sites is 1. The van der Waals surface area contributed by atoms with E-state index in [1.54, 1.807) is 30.3 Å². The summed E-state index contributed by atoms with van der Waals surface area (Å²) in [5.74, 6) is -0.676. The van der Waals surface area contributed by atoms with Crippen LogP contribution >= 0.6 is 11.6 Å². The molecule has 184 valence electrons. The number of hydrogen-bond donors (Lipinski definition) is 1. The van der Waals surface area contributed by atoms with Crippen molar-refractivity contribution in [3.63, 3.8) is 0 Å². The Morgan fingerprint density at radius 3 is 2.74 bits per heavy atom. The molecule has 9 nitrogen and oxygen atoms in total. The number of halogens is 1. The number of sulfonamides is 1. The molecule has 0 radical (unpaired) electrons. The normalized spacial score (nSPS) is 15.9. The SMILES string of the molecule is Cc1ccc(-c2cc(=O)c3cccc(Cl)c3o2)c(OCC(=O)N2CCC[C@H]2C(=O)NS(C)(=O)=O)c1. The number of benzene rings is 2. The molecule has 0 saturated carbocycles. The van der Waals surface area contributed by atoms with Crippen molar-refractivity contribution in [2.24, 2.45) is 0 Å². The zero-order valence-corrected chi connectivity index (χ0v) is 20.6. The van der Waals surface area contributed by atoms with Gasteiger partial charge in [-0.3, -0.25) is 19.1 Å². The van der Waals surface area contributed by atoms with E-state index in [0.717, 1.165) is 11.8 Å². The molecule has 11 heteroatoms. The second-order valence-electron chi connectivity index (χ2n) is 8.36. The van der Waals surface area contributed by atoms with E-state index in [-0.39, 0.29) is 16.8 Å². The molecule has 0 spiro atoms. The van der Waals surface area contributed by atoms with Gasteiger partial charge in [0.2, 0.25) is 10.0 Å². The molecule has 0 aliphatic carbocycles. The molecule has 0 unspecified atom stereocenters. The molecule has 1 aliphatic rings. The van der Waals surface area contributed by atoms with Gasteiger partial charge in [-0.25, -0.2) is 8.42 Å². The largest absolute Gasteiger partial charge is 0.483 e. The Morgan fingerprint density at radius 2 is 2.00 bits per heavy atom. The second-order valence-corrected chi connectivity index (χ2v) is 10.5. The van der Waals surface area contributed by atoms with Crippen molar-refractivity contribution in [2.45, 2.75) is 25.8 Å². The van der Waals surface area contributed by atoms with Crippen molar-refractivity contribution in [2.75, 3.05) is 19.4 Å². The van der Waals surface area contributed by atoms with E-state index in [9.17, 15) is 22.8 Å². The van der Waals surface area contributed by atoms with Crippen LogP contribution in [0.3, 0.4) is 0 Å². The molecule has 1 fully saturated rings. The first-order chi connectivity index (χ1) is 16.5. The first-order valence-electron chi connectivity index (χ1n) is 10.8. The van der Waals surface area contributed by atoms with Crippen LogP contribution in [0.1, 0.15) is 18.4 Å². The maximum absolute atomic E-state index is 12.9. The van der Waals surface area contributed by atoms with Crippen LogP contribution in [0.25, 0.3) is 22.3 Å². The van der Waals surface area contributed by atoms with E-state index in [0.29, 0.717) is 41.1 Å². The highest BCUT2D eigenvalue weighted by Crippen LogP contribution is 2.33. The average Bonchev–Trinajstić information content (AvgIpc) is 3.27. The Kier molecular flexibility index (Phi) is 6.86. The number of carbonyl (C=O) groups excluding carboxylic acids is 2. The minimum absolute atomic E-state index is 0.227. The Balaban J connectivity index is 1.59. The molecule has 1 aromatic heterocycles. The standard InChI is InChI=1S/C24H23ClN2O7S/c1-14-8-9-16(21-12-19(28)15-5-3-6-17(25)23(15)34-21)20(11-14)33-13-22(29)27-10-4-7-18(27)24(30)26-35(2,31)32/h3,5-6,8-9,11-12,18H,4,7,10,13H2,1-2H3,(H,26,30)/t18-/m0/s1. The topological polar surface area (TPSA) is 123 Å². The molecular weight excluding hydrogens is 496 g/mol. The summed E-state index contributed by atoms with van der Waals surface area (Å²) >= 11 is 6.22. The molecule has 0 bridgehead atoms. The Bertz CT molecular complexity index is 1480. The summed E-state index contributed by atoms with van der Waals surface area (Å²) < 4.78 is 36.5. The fourth-order valence-corrected chi connectivity index (χ4v) is 4.75. The Labute approximate surface area is 206 Å². The van der Waals surface area contributed by atoms with Crippen LogP contribution in [0.2, 0.25) is 5.02 Å². The molecule has 4 rings (SSSR count). The van der Waals surface area contributed by atoms with Gasteiger partial charge in [-0.15, -0.1) is 0 Å². The average molecular weight is 519 g/mol. The Hall–Kier alpha value is -3.37. The van der Waals surface area contributed by atoms with Crippen molar-refractivity contribution in [3.05, 3.63) is 63.3 Å². The predicted octanol–water partition coefficient (Wildman–Crippen LogP) is 2.87. The molecule has 1 aliphatic heterocycles. The highest BCUT2D eigenvalue weighted by molar-refractivity contribution is 7.89. The van der Waals surface area contributed by atoms with Gasteiger partial charge in [-0.05, 0) is 49.6 Å². The molecule has 2 amide bonds. The van der Waals surface area contributed by atoms with Gasteiger partial charge in [0.05, 0.1) is 22.2 Å². The second kappa shape index (κ2) is 9.71. The van der Waals surface area contributed by atoms with E-state index in [4.69, 9.17) is 20.8 Å². The van der Waals surface area contributed by atoms with Gasteiger partial charge in [0.25, 0.3) is 11.8 Å². The zero-order valence-electron chi connectivity index (χ0n) is 19.0. The minimum Gasteiger partial charge on any atom is -0.483 e. The van der Waals surface area contributed by atoms with Crippen LogP contribution in [0, 0.1) is 6.92 Å². The van der Waals surface area contributed by atoms with Crippen LogP contribution in [0.5, 0.6) is 5.75 Å². The summed E-state index contributed by atoms with van der Waals surface area (Å²) in [4.78, 5) is 39.2. The number of aryl methyl sites for hydroxylation is 1. The van der Waals surface area contributed by atoms with Crippen molar-refractivity contribution < 1.29 is 27.2 Å². The first-order valence-corrected chi connectivity index (χ1v) is 13.1. The van der Waals surface area contributed by atoms with E-state index in [2.05, 4.69) is 0 Å². The molecule has 2 heterocycles. The molecular formula is C24H23ClN2O7S. The number of amides is 2. The number of likely N-dealkylation sites (tertiary alicyclic amines) is 1. The third-order valence-electron chi connectivity index (χ3n) is 5.62. The summed E-state index contributed by atoms with van der Waals surface area (Å²) in [6.07, 6.45) is 1.80. The van der Waals surface area contributed by atoms with Crippen molar-refractivity contribution in [3.8, 4) is 17.1 Å². The Morgan fingerprint density at radius 1 is 1.23 bits per heavy atom. The lowest BCUT2D eigenvalue weighted by Gasteiger charge is -2.24. The molecule has 1 N–H and O–H groups in total. The minimum atomic E-state index is -3.74. The van der Waals surface area contributed by atoms with Gasteiger partial charge < -0.3 is 14.1 Å². The molecule has 1 atom stereocenters. The highest BCUT2D eigenvalue weighted by Gasteiger charge is 2.35. The molecule has 2 aromatic carbocycles. The lowest BCUT2D eigenvalue weighted by atomic mass is 10.1. The van der Waals surface area contributed by atoms with Crippen LogP contribution in [-0.4, -0.2) is 50.6 Å². The summed E-state index contributed by atoms with van der Waals surface area (Å²) in [7, 11) is -3.74. The third kappa shape index (κ3) is 5.49. The van der Waals surface area contributed by atoms with Crippen molar-refractivity contribution in [1.82, 2.24) is 9.62 Å². The summed E-state index contributed by atoms with van der Waals surface area (Å²) in [6, 6.07) is 10.6. The molecule has 35 heavy (non-hydrogen) atoms. The van der Waals surface area contributed by atoms with Gasteiger partial charge in [0.15, 0.2) is 17.6 Å². The quantitative estimate of drug-likeness (QED) is 0.532. The number of nitrogens with one attached hydrogen (secondary N) is 1. The summed E-state index contributed by atoms with van der Waals surface area (Å²) in [6.45, 7) is 1.76. The number of fused-ring (bicyclic) bond motifs is 1. The van der Waals surface area contributed by atoms with Crippen LogP contribution < -0.4 is 14.9 Å². The monoisotopic (exact) mass is 518 g/mol. The van der Waals surface area contributed by atoms with E-state index < -0.39 is 34.5 Å². The van der Waals surface area contributed by atoms with Crippen LogP contribution in [-0.2, 0) is 19.6 Å². The fraction of sp³-hybridized carbons (Fsp3) is 0.292. The van der Waals surface area contributed by atoms with Crippen molar-refractivity contribution >= 4 is 44.4 Å². The number of rotatable bonds is 6. The van der Waals surface area contributed by atoms with Crippen molar-refractivity contribution in [1.29, 1.82) is 0 Å². The highest BCUT2D eigenvalue weighted by atomic mass is 35.5. The smallest absolute Gasteiger partial charge is 0.261 e. The van der Waals surface area contributed by atoms with Gasteiger partial charge in [-0.1, -0.05) is 23.7 Å². The lowest BCUT2D eigenvalue weighted by Crippen LogP contribution is -2.48. The van der Waals surface area contributed by atoms with E-state index in [1.165, 1.54) is 11.0 Å². The van der Waals surface area contributed by atoms with E-state index >= 15 is 0 Å². The predicted molar refractivity (Wildman–Crippen MR) is 131 cm³/mol. The maximum Gasteiger partial charge on any atom is 0.261 e. The first kappa shape index (κ1) is 24.7. The van der Waals surface area contributed by atoms with Gasteiger partial charge in [0, 0.05) is 12.6 Å². The zero-order chi connectivity index (χ0) is 25.3. The third-order valence-corrected chi connectivity index (χ3v) is 6.49. The summed E-state index contributed by atoms with van der Waals surface area (Å²) in [5.41, 5.74) is 1.28. The van der Waals surface area contributed by atoms with Crippen LogP contribution in [0.4, 0.5) is 0 Å². The maximum atomic E-state index is 12.9. The van der Waals surface area contributed by atoms with Gasteiger partial charge in [0.1, 0.15) is 17.6 Å². The molecule has 3 aromatic rings. The fourth-order valence-electron chi connectivity index (χ4n) is 4.04. The summed E-state index contributed by atoms with van der Waals surface area (Å²) in [5, 5.41) is 0.636. The van der Waals surface area contributed by atoms with E-state index in [1.807, 2.05) is 17.7 Å². The number of hydrogen-bond acceptors (Lipinski definition) is 7. The van der Waals surface area contributed by atoms with Crippen LogP contribution in [0.15, 0.2) is 51.7 Å².